The molecule has 0 aliphatic rings. The molecule has 0 spiro atoms. The summed E-state index contributed by atoms with van der Waals surface area (Å²) in [5, 5.41) is 8.24. The molecule has 0 aliphatic heterocycles. The molecule has 6 nitrogen and oxygen atoms in total. The summed E-state index contributed by atoms with van der Waals surface area (Å²) in [4.78, 5) is 0. The summed E-state index contributed by atoms with van der Waals surface area (Å²) in [5.41, 5.74) is 2.15. The second kappa shape index (κ2) is 7.22. The Morgan fingerprint density at radius 3 is 1.62 bits per heavy atom. The SMILES string of the molecule is CC(C)C(C)CNO.O=S(=O)(O)O. The second-order valence-corrected chi connectivity index (χ2v) is 3.93. The smallest absolute Gasteiger partial charge is 0.317 e. The van der Waals surface area contributed by atoms with Crippen molar-refractivity contribution in [2.75, 3.05) is 6.54 Å². The monoisotopic (exact) mass is 215 g/mol. The van der Waals surface area contributed by atoms with Gasteiger partial charge in [-0.1, -0.05) is 20.8 Å². The third kappa shape index (κ3) is 24.5. The number of nitrogens with one attached hydrogen (secondary N) is 1. The molecule has 0 rings (SSSR count). The van der Waals surface area contributed by atoms with Gasteiger partial charge in [0, 0.05) is 6.54 Å². The second-order valence-electron chi connectivity index (χ2n) is 3.03. The van der Waals surface area contributed by atoms with Crippen LogP contribution in [0.3, 0.4) is 0 Å². The summed E-state index contributed by atoms with van der Waals surface area (Å²) in [5.74, 6) is 1.20. The Hall–Kier alpha value is -0.210. The highest BCUT2D eigenvalue weighted by Crippen LogP contribution is 2.06. The summed E-state index contributed by atoms with van der Waals surface area (Å²) in [7, 11) is -4.67. The van der Waals surface area contributed by atoms with Crippen LogP contribution in [0, 0.1) is 11.8 Å². The van der Waals surface area contributed by atoms with Crippen LogP contribution in [0.25, 0.3) is 0 Å². The molecule has 1 unspecified atom stereocenters. The lowest BCUT2D eigenvalue weighted by Crippen LogP contribution is -2.20. The average Bonchev–Trinajstić information content (AvgIpc) is 1.84. The molecule has 1 atom stereocenters. The molecule has 0 aromatic rings. The minimum atomic E-state index is -4.67. The van der Waals surface area contributed by atoms with Gasteiger partial charge in [0.25, 0.3) is 0 Å². The Bertz CT molecular complexity index is 193. The molecular formula is C6H17NO5S. The molecule has 0 fully saturated rings. The first-order valence-corrected chi connectivity index (χ1v) is 5.15. The number of hydrogen-bond donors (Lipinski definition) is 4. The van der Waals surface area contributed by atoms with Crippen LogP contribution in [0.15, 0.2) is 0 Å². The van der Waals surface area contributed by atoms with E-state index in [1.54, 1.807) is 0 Å². The molecule has 0 heterocycles. The van der Waals surface area contributed by atoms with Crippen molar-refractivity contribution in [3.8, 4) is 0 Å². The van der Waals surface area contributed by atoms with Crippen molar-refractivity contribution in [3.63, 3.8) is 0 Å². The van der Waals surface area contributed by atoms with Gasteiger partial charge in [-0.2, -0.15) is 8.42 Å². The molecule has 13 heavy (non-hydrogen) atoms. The molecular weight excluding hydrogens is 198 g/mol. The summed E-state index contributed by atoms with van der Waals surface area (Å²) in [6.07, 6.45) is 0. The van der Waals surface area contributed by atoms with Gasteiger partial charge in [-0.05, 0) is 11.8 Å². The maximum Gasteiger partial charge on any atom is 0.394 e. The molecule has 0 aromatic heterocycles. The molecule has 4 N–H and O–H groups in total. The Kier molecular flexibility index (Phi) is 8.48. The van der Waals surface area contributed by atoms with Gasteiger partial charge < -0.3 is 5.21 Å². The molecule has 0 bridgehead atoms. The van der Waals surface area contributed by atoms with Crippen LogP contribution >= 0.6 is 0 Å². The lowest BCUT2D eigenvalue weighted by Gasteiger charge is -2.12. The van der Waals surface area contributed by atoms with Crippen molar-refractivity contribution in [2.45, 2.75) is 20.8 Å². The van der Waals surface area contributed by atoms with Crippen LogP contribution in [0.5, 0.6) is 0 Å². The predicted molar refractivity (Wildman–Crippen MR) is 48.0 cm³/mol. The van der Waals surface area contributed by atoms with Gasteiger partial charge in [-0.3, -0.25) is 9.11 Å². The highest BCUT2D eigenvalue weighted by atomic mass is 32.3. The standard InChI is InChI=1S/C6H15NO.H2O4S/c1-5(2)6(3)4-7-8;1-5(2,3)4/h5-8H,4H2,1-3H3;(H2,1,2,3,4). The fraction of sp³-hybridized carbons (Fsp3) is 1.00. The van der Waals surface area contributed by atoms with E-state index in [9.17, 15) is 0 Å². The van der Waals surface area contributed by atoms with Gasteiger partial charge >= 0.3 is 10.4 Å². The Morgan fingerprint density at radius 1 is 1.23 bits per heavy atom. The van der Waals surface area contributed by atoms with E-state index in [0.29, 0.717) is 18.4 Å². The Balaban J connectivity index is 0. The summed E-state index contributed by atoms with van der Waals surface area (Å²) in [6.45, 7) is 7.08. The van der Waals surface area contributed by atoms with Crippen molar-refractivity contribution < 1.29 is 22.7 Å². The van der Waals surface area contributed by atoms with Crippen LogP contribution in [0.4, 0.5) is 0 Å². The minimum Gasteiger partial charge on any atom is -0.317 e. The zero-order valence-electron chi connectivity index (χ0n) is 7.93. The maximum absolute atomic E-state index is 8.74. The molecule has 0 radical (unpaired) electrons. The van der Waals surface area contributed by atoms with Gasteiger partial charge in [0.15, 0.2) is 0 Å². The summed E-state index contributed by atoms with van der Waals surface area (Å²) < 4.78 is 31.6. The third-order valence-corrected chi connectivity index (χ3v) is 1.55. The number of hydrogen-bond acceptors (Lipinski definition) is 4. The lowest BCUT2D eigenvalue weighted by atomic mass is 9.99. The van der Waals surface area contributed by atoms with Crippen LogP contribution < -0.4 is 5.48 Å². The van der Waals surface area contributed by atoms with Gasteiger partial charge in [0.1, 0.15) is 0 Å². The maximum atomic E-state index is 8.74. The number of rotatable bonds is 3. The topological polar surface area (TPSA) is 107 Å². The zero-order chi connectivity index (χ0) is 11.1. The molecule has 0 amide bonds. The largest absolute Gasteiger partial charge is 0.394 e. The minimum absolute atomic E-state index is 0.556. The summed E-state index contributed by atoms with van der Waals surface area (Å²) in [6, 6.07) is 0. The van der Waals surface area contributed by atoms with Gasteiger partial charge in [0.05, 0.1) is 0 Å². The third-order valence-electron chi connectivity index (χ3n) is 1.55. The molecule has 0 aliphatic carbocycles. The van der Waals surface area contributed by atoms with E-state index in [0.717, 1.165) is 0 Å². The van der Waals surface area contributed by atoms with Crippen molar-refractivity contribution in [1.29, 1.82) is 0 Å². The molecule has 0 saturated heterocycles. The van der Waals surface area contributed by atoms with Gasteiger partial charge in [-0.25, -0.2) is 5.48 Å². The fourth-order valence-electron chi connectivity index (χ4n) is 0.380. The van der Waals surface area contributed by atoms with E-state index in [1.165, 1.54) is 0 Å². The highest BCUT2D eigenvalue weighted by molar-refractivity contribution is 7.79. The Morgan fingerprint density at radius 2 is 1.54 bits per heavy atom. The zero-order valence-corrected chi connectivity index (χ0v) is 8.74. The van der Waals surface area contributed by atoms with E-state index < -0.39 is 10.4 Å². The predicted octanol–water partition coefficient (Wildman–Crippen LogP) is 0.605. The molecule has 7 heteroatoms. The van der Waals surface area contributed by atoms with E-state index in [4.69, 9.17) is 22.7 Å². The first-order chi connectivity index (χ1) is 5.68. The van der Waals surface area contributed by atoms with Crippen LogP contribution in [-0.4, -0.2) is 29.3 Å². The normalized spacial score (nSPS) is 13.5. The van der Waals surface area contributed by atoms with Gasteiger partial charge in [-0.15, -0.1) is 0 Å². The van der Waals surface area contributed by atoms with E-state index in [2.05, 4.69) is 26.3 Å². The van der Waals surface area contributed by atoms with Crippen molar-refractivity contribution in [3.05, 3.63) is 0 Å². The van der Waals surface area contributed by atoms with Crippen LogP contribution in [-0.2, 0) is 10.4 Å². The van der Waals surface area contributed by atoms with E-state index in [-0.39, 0.29) is 0 Å². The molecule has 82 valence electrons. The number of hydroxylamine groups is 1. The first kappa shape index (κ1) is 15.3. The highest BCUT2D eigenvalue weighted by Gasteiger charge is 2.03. The Labute approximate surface area is 78.5 Å². The van der Waals surface area contributed by atoms with E-state index >= 15 is 0 Å². The molecule has 0 aromatic carbocycles. The van der Waals surface area contributed by atoms with E-state index in [1.807, 2.05) is 0 Å². The first-order valence-electron chi connectivity index (χ1n) is 3.75. The summed E-state index contributed by atoms with van der Waals surface area (Å²) >= 11 is 0. The van der Waals surface area contributed by atoms with Gasteiger partial charge in [0.2, 0.25) is 0 Å². The molecule has 0 saturated carbocycles. The van der Waals surface area contributed by atoms with Crippen molar-refractivity contribution in [1.82, 2.24) is 5.48 Å². The van der Waals surface area contributed by atoms with Crippen molar-refractivity contribution >= 4 is 10.4 Å². The lowest BCUT2D eigenvalue weighted by molar-refractivity contribution is 0.142. The van der Waals surface area contributed by atoms with Crippen LogP contribution in [0.1, 0.15) is 20.8 Å². The fourth-order valence-corrected chi connectivity index (χ4v) is 0.380. The average molecular weight is 215 g/mol. The quantitative estimate of drug-likeness (QED) is 0.406. The van der Waals surface area contributed by atoms with Crippen molar-refractivity contribution in [2.24, 2.45) is 11.8 Å². The van der Waals surface area contributed by atoms with Crippen LogP contribution in [0.2, 0.25) is 0 Å².